The minimum atomic E-state index is -0.318. The van der Waals surface area contributed by atoms with Crippen LogP contribution in [0.15, 0.2) is 39.4 Å². The molecular weight excluding hydrogens is 218 g/mol. The van der Waals surface area contributed by atoms with E-state index in [9.17, 15) is 4.79 Å². The Hall–Kier alpha value is -1.97. The van der Waals surface area contributed by atoms with Crippen molar-refractivity contribution in [1.82, 2.24) is 0 Å². The first-order valence-corrected chi connectivity index (χ1v) is 5.57. The van der Waals surface area contributed by atoms with Crippen LogP contribution in [-0.2, 0) is 11.2 Å². The van der Waals surface area contributed by atoms with Gasteiger partial charge in [0.05, 0.1) is 12.2 Å². The van der Waals surface area contributed by atoms with Gasteiger partial charge in [0.1, 0.15) is 17.3 Å². The summed E-state index contributed by atoms with van der Waals surface area (Å²) in [5.41, 5.74) is 5.09. The minimum absolute atomic E-state index is 0.0762. The van der Waals surface area contributed by atoms with Gasteiger partial charge in [0.25, 0.3) is 0 Å². The molecule has 90 valence electrons. The van der Waals surface area contributed by atoms with Crippen LogP contribution in [0.2, 0.25) is 0 Å². The Morgan fingerprint density at radius 2 is 2.18 bits per heavy atom. The standard InChI is InChI=1S/C13H15NO3/c1-9(11-3-2-8-16-11)12-6-4-10(17-12)5-7-13(14)15/h2-4,6,8-9H,5,7H2,1H3,(H2,14,15). The predicted molar refractivity (Wildman–Crippen MR) is 62.4 cm³/mol. The van der Waals surface area contributed by atoms with Crippen molar-refractivity contribution in [1.29, 1.82) is 0 Å². The third-order valence-electron chi connectivity index (χ3n) is 2.70. The zero-order chi connectivity index (χ0) is 12.3. The molecule has 0 aliphatic carbocycles. The number of carbonyl (C=O) groups excluding carboxylic acids is 1. The van der Waals surface area contributed by atoms with Crippen LogP contribution in [0.5, 0.6) is 0 Å². The Kier molecular flexibility index (Phi) is 3.32. The van der Waals surface area contributed by atoms with Crippen LogP contribution in [0.25, 0.3) is 0 Å². The third-order valence-corrected chi connectivity index (χ3v) is 2.70. The molecule has 0 radical (unpaired) electrons. The average Bonchev–Trinajstić information content (AvgIpc) is 2.97. The largest absolute Gasteiger partial charge is 0.469 e. The van der Waals surface area contributed by atoms with Gasteiger partial charge in [-0.25, -0.2) is 0 Å². The van der Waals surface area contributed by atoms with Crippen molar-refractivity contribution in [3.63, 3.8) is 0 Å². The van der Waals surface area contributed by atoms with E-state index in [1.54, 1.807) is 6.26 Å². The predicted octanol–water partition coefficient (Wildman–Crippen LogP) is 2.44. The fourth-order valence-electron chi connectivity index (χ4n) is 1.69. The number of hydrogen-bond donors (Lipinski definition) is 1. The molecule has 4 heteroatoms. The monoisotopic (exact) mass is 233 g/mol. The molecule has 1 amide bonds. The van der Waals surface area contributed by atoms with Crippen molar-refractivity contribution in [2.45, 2.75) is 25.7 Å². The zero-order valence-corrected chi connectivity index (χ0v) is 9.68. The van der Waals surface area contributed by atoms with Crippen LogP contribution in [0.1, 0.15) is 36.5 Å². The smallest absolute Gasteiger partial charge is 0.217 e. The van der Waals surface area contributed by atoms with Gasteiger partial charge in [-0.15, -0.1) is 0 Å². The van der Waals surface area contributed by atoms with Crippen LogP contribution >= 0.6 is 0 Å². The fraction of sp³-hybridized carbons (Fsp3) is 0.308. The molecule has 17 heavy (non-hydrogen) atoms. The van der Waals surface area contributed by atoms with Gasteiger partial charge in [0.2, 0.25) is 5.91 Å². The molecule has 2 heterocycles. The normalized spacial score (nSPS) is 12.5. The average molecular weight is 233 g/mol. The van der Waals surface area contributed by atoms with E-state index < -0.39 is 0 Å². The Balaban J connectivity index is 2.05. The van der Waals surface area contributed by atoms with Gasteiger partial charge in [-0.05, 0) is 31.2 Å². The van der Waals surface area contributed by atoms with Gasteiger partial charge < -0.3 is 14.6 Å². The maximum Gasteiger partial charge on any atom is 0.217 e. The number of primary amides is 1. The Bertz CT molecular complexity index is 484. The number of hydrogen-bond acceptors (Lipinski definition) is 3. The lowest BCUT2D eigenvalue weighted by Gasteiger charge is -2.04. The highest BCUT2D eigenvalue weighted by atomic mass is 16.4. The number of rotatable bonds is 5. The summed E-state index contributed by atoms with van der Waals surface area (Å²) in [5.74, 6) is 2.23. The SMILES string of the molecule is CC(c1ccco1)c1ccc(CCC(N)=O)o1. The van der Waals surface area contributed by atoms with Gasteiger partial charge in [-0.2, -0.15) is 0 Å². The summed E-state index contributed by atoms with van der Waals surface area (Å²) < 4.78 is 11.0. The molecule has 0 saturated heterocycles. The van der Waals surface area contributed by atoms with Crippen molar-refractivity contribution >= 4 is 5.91 Å². The molecule has 4 nitrogen and oxygen atoms in total. The molecule has 0 bridgehead atoms. The van der Waals surface area contributed by atoms with Crippen LogP contribution in [0, 0.1) is 0 Å². The summed E-state index contributed by atoms with van der Waals surface area (Å²) in [7, 11) is 0. The highest BCUT2D eigenvalue weighted by molar-refractivity contribution is 5.73. The van der Waals surface area contributed by atoms with Crippen LogP contribution in [0.3, 0.4) is 0 Å². The molecule has 2 aromatic heterocycles. The molecule has 0 fully saturated rings. The summed E-state index contributed by atoms with van der Waals surface area (Å²) >= 11 is 0. The molecule has 1 unspecified atom stereocenters. The molecule has 2 N–H and O–H groups in total. The van der Waals surface area contributed by atoms with E-state index in [-0.39, 0.29) is 11.8 Å². The molecule has 0 aliphatic rings. The molecule has 0 saturated carbocycles. The van der Waals surface area contributed by atoms with Gasteiger partial charge >= 0.3 is 0 Å². The van der Waals surface area contributed by atoms with E-state index in [4.69, 9.17) is 14.6 Å². The summed E-state index contributed by atoms with van der Waals surface area (Å²) in [6.07, 6.45) is 2.49. The summed E-state index contributed by atoms with van der Waals surface area (Å²) in [4.78, 5) is 10.7. The lowest BCUT2D eigenvalue weighted by atomic mass is 10.1. The Labute approximate surface area is 99.4 Å². The molecule has 0 spiro atoms. The van der Waals surface area contributed by atoms with Crippen LogP contribution < -0.4 is 5.73 Å². The molecule has 1 atom stereocenters. The zero-order valence-electron chi connectivity index (χ0n) is 9.68. The van der Waals surface area contributed by atoms with E-state index in [0.29, 0.717) is 12.8 Å². The van der Waals surface area contributed by atoms with Crippen molar-refractivity contribution in [2.75, 3.05) is 0 Å². The van der Waals surface area contributed by atoms with Gasteiger partial charge in [0.15, 0.2) is 0 Å². The molecule has 2 rings (SSSR count). The third kappa shape index (κ3) is 2.78. The number of furan rings is 2. The summed E-state index contributed by atoms with van der Waals surface area (Å²) in [6.45, 7) is 2.01. The first-order valence-electron chi connectivity index (χ1n) is 5.57. The number of carbonyl (C=O) groups is 1. The molecule has 0 aromatic carbocycles. The molecule has 2 aromatic rings. The maximum atomic E-state index is 10.7. The fourth-order valence-corrected chi connectivity index (χ4v) is 1.69. The van der Waals surface area contributed by atoms with E-state index in [0.717, 1.165) is 17.3 Å². The van der Waals surface area contributed by atoms with Crippen molar-refractivity contribution in [2.24, 2.45) is 5.73 Å². The van der Waals surface area contributed by atoms with Crippen molar-refractivity contribution in [3.05, 3.63) is 47.8 Å². The van der Waals surface area contributed by atoms with E-state index in [1.807, 2.05) is 31.2 Å². The lowest BCUT2D eigenvalue weighted by Crippen LogP contribution is -2.10. The Morgan fingerprint density at radius 3 is 2.82 bits per heavy atom. The maximum absolute atomic E-state index is 10.7. The minimum Gasteiger partial charge on any atom is -0.469 e. The second-order valence-corrected chi connectivity index (χ2v) is 4.01. The number of aryl methyl sites for hydroxylation is 1. The first-order chi connectivity index (χ1) is 8.16. The van der Waals surface area contributed by atoms with E-state index in [2.05, 4.69) is 0 Å². The Morgan fingerprint density at radius 1 is 1.35 bits per heavy atom. The van der Waals surface area contributed by atoms with Gasteiger partial charge in [-0.1, -0.05) is 0 Å². The highest BCUT2D eigenvalue weighted by Gasteiger charge is 2.15. The van der Waals surface area contributed by atoms with Crippen LogP contribution in [-0.4, -0.2) is 5.91 Å². The first kappa shape index (κ1) is 11.5. The molecule has 0 aliphatic heterocycles. The van der Waals surface area contributed by atoms with E-state index >= 15 is 0 Å². The lowest BCUT2D eigenvalue weighted by molar-refractivity contribution is -0.118. The van der Waals surface area contributed by atoms with Crippen LogP contribution in [0.4, 0.5) is 0 Å². The molecular formula is C13H15NO3. The topological polar surface area (TPSA) is 69.4 Å². The van der Waals surface area contributed by atoms with Gasteiger partial charge in [0, 0.05) is 12.8 Å². The van der Waals surface area contributed by atoms with Gasteiger partial charge in [-0.3, -0.25) is 4.79 Å². The second kappa shape index (κ2) is 4.91. The van der Waals surface area contributed by atoms with E-state index in [1.165, 1.54) is 0 Å². The quantitative estimate of drug-likeness (QED) is 0.862. The summed E-state index contributed by atoms with van der Waals surface area (Å²) in [6, 6.07) is 7.54. The van der Waals surface area contributed by atoms with Crippen molar-refractivity contribution in [3.8, 4) is 0 Å². The highest BCUT2D eigenvalue weighted by Crippen LogP contribution is 2.26. The summed E-state index contributed by atoms with van der Waals surface area (Å²) in [5, 5.41) is 0. The number of nitrogens with two attached hydrogens (primary N) is 1. The second-order valence-electron chi connectivity index (χ2n) is 4.01. The number of amides is 1. The van der Waals surface area contributed by atoms with Crippen molar-refractivity contribution < 1.29 is 13.6 Å².